The quantitative estimate of drug-likeness (QED) is 0.827. The third-order valence-electron chi connectivity index (χ3n) is 3.65. The number of piperazine rings is 1. The summed E-state index contributed by atoms with van der Waals surface area (Å²) in [6, 6.07) is 4.64. The molecule has 0 saturated carbocycles. The second kappa shape index (κ2) is 6.63. The average molecular weight is 344 g/mol. The molecule has 1 unspecified atom stereocenters. The highest BCUT2D eigenvalue weighted by atomic mass is 32.2. The standard InChI is InChI=1S/C14H17FN2O5S/c1-23(21,22)17-7-6-16(14(20)12(17)8-13(18)19)9-10-4-2-3-5-11(10)15/h2-5,12H,6-9H2,1H3,(H,18,19). The van der Waals surface area contributed by atoms with Crippen LogP contribution in [0, 0.1) is 5.82 Å². The molecule has 0 aromatic heterocycles. The highest BCUT2D eigenvalue weighted by Crippen LogP contribution is 2.20. The van der Waals surface area contributed by atoms with Crippen LogP contribution in [0.1, 0.15) is 12.0 Å². The van der Waals surface area contributed by atoms with Crippen molar-refractivity contribution in [3.63, 3.8) is 0 Å². The van der Waals surface area contributed by atoms with Crippen molar-refractivity contribution in [3.8, 4) is 0 Å². The number of sulfonamides is 1. The molecule has 126 valence electrons. The average Bonchev–Trinajstić information content (AvgIpc) is 2.43. The summed E-state index contributed by atoms with van der Waals surface area (Å²) in [5.74, 6) is -2.38. The first-order valence-corrected chi connectivity index (χ1v) is 8.76. The van der Waals surface area contributed by atoms with Crippen molar-refractivity contribution in [2.45, 2.75) is 19.0 Å². The zero-order valence-electron chi connectivity index (χ0n) is 12.5. The summed E-state index contributed by atoms with van der Waals surface area (Å²) < 4.78 is 38.1. The number of halogens is 1. The van der Waals surface area contributed by atoms with Gasteiger partial charge in [-0.2, -0.15) is 4.31 Å². The third kappa shape index (κ3) is 4.05. The van der Waals surface area contributed by atoms with Gasteiger partial charge in [-0.1, -0.05) is 18.2 Å². The van der Waals surface area contributed by atoms with E-state index in [4.69, 9.17) is 5.11 Å². The Morgan fingerprint density at radius 1 is 1.35 bits per heavy atom. The number of benzene rings is 1. The van der Waals surface area contributed by atoms with Crippen LogP contribution in [0.5, 0.6) is 0 Å². The van der Waals surface area contributed by atoms with Crippen molar-refractivity contribution in [2.75, 3.05) is 19.3 Å². The van der Waals surface area contributed by atoms with Crippen LogP contribution in [0.25, 0.3) is 0 Å². The van der Waals surface area contributed by atoms with Gasteiger partial charge in [0, 0.05) is 25.2 Å². The molecule has 0 aliphatic carbocycles. The van der Waals surface area contributed by atoms with Gasteiger partial charge in [0.25, 0.3) is 0 Å². The monoisotopic (exact) mass is 344 g/mol. The van der Waals surface area contributed by atoms with Crippen LogP contribution in [0.3, 0.4) is 0 Å². The van der Waals surface area contributed by atoms with Crippen molar-refractivity contribution in [1.82, 2.24) is 9.21 Å². The lowest BCUT2D eigenvalue weighted by Crippen LogP contribution is -2.58. The van der Waals surface area contributed by atoms with Gasteiger partial charge < -0.3 is 10.0 Å². The van der Waals surface area contributed by atoms with Gasteiger partial charge >= 0.3 is 5.97 Å². The number of carbonyl (C=O) groups excluding carboxylic acids is 1. The fourth-order valence-corrected chi connectivity index (χ4v) is 3.60. The van der Waals surface area contributed by atoms with Gasteiger partial charge in [-0.25, -0.2) is 12.8 Å². The topological polar surface area (TPSA) is 95.0 Å². The van der Waals surface area contributed by atoms with Crippen molar-refractivity contribution < 1.29 is 27.5 Å². The van der Waals surface area contributed by atoms with Crippen molar-refractivity contribution in [2.24, 2.45) is 0 Å². The smallest absolute Gasteiger partial charge is 0.305 e. The number of aliphatic carboxylic acids is 1. The summed E-state index contributed by atoms with van der Waals surface area (Å²) in [7, 11) is -3.71. The molecule has 0 bridgehead atoms. The molecule has 1 aliphatic rings. The Labute approximate surface area is 133 Å². The van der Waals surface area contributed by atoms with Crippen LogP contribution in [-0.4, -0.2) is 60.0 Å². The summed E-state index contributed by atoms with van der Waals surface area (Å²) in [6.45, 7) is 0.0343. The van der Waals surface area contributed by atoms with Crippen LogP contribution >= 0.6 is 0 Å². The summed E-state index contributed by atoms with van der Waals surface area (Å²) in [5.41, 5.74) is 0.294. The predicted octanol–water partition coefficient (Wildman–Crippen LogP) is 0.273. The highest BCUT2D eigenvalue weighted by molar-refractivity contribution is 7.88. The van der Waals surface area contributed by atoms with E-state index >= 15 is 0 Å². The number of nitrogens with zero attached hydrogens (tertiary/aromatic N) is 2. The van der Waals surface area contributed by atoms with Gasteiger partial charge in [0.2, 0.25) is 15.9 Å². The number of carboxylic acids is 1. The van der Waals surface area contributed by atoms with Gasteiger partial charge in [-0.3, -0.25) is 9.59 Å². The molecule has 1 atom stereocenters. The maximum atomic E-state index is 13.7. The maximum absolute atomic E-state index is 13.7. The fourth-order valence-electron chi connectivity index (χ4n) is 2.56. The minimum Gasteiger partial charge on any atom is -0.481 e. The molecule has 7 nitrogen and oxygen atoms in total. The first-order chi connectivity index (χ1) is 10.7. The molecule has 1 amide bonds. The van der Waals surface area contributed by atoms with Crippen LogP contribution in [0.15, 0.2) is 24.3 Å². The second-order valence-electron chi connectivity index (χ2n) is 5.34. The second-order valence-corrected chi connectivity index (χ2v) is 7.27. The maximum Gasteiger partial charge on any atom is 0.305 e. The lowest BCUT2D eigenvalue weighted by Gasteiger charge is -2.38. The van der Waals surface area contributed by atoms with E-state index in [1.807, 2.05) is 0 Å². The molecule has 2 rings (SSSR count). The fraction of sp³-hybridized carbons (Fsp3) is 0.429. The van der Waals surface area contributed by atoms with E-state index < -0.39 is 40.2 Å². The molecule has 23 heavy (non-hydrogen) atoms. The normalized spacial score (nSPS) is 19.8. The summed E-state index contributed by atoms with van der Waals surface area (Å²) in [4.78, 5) is 24.7. The largest absolute Gasteiger partial charge is 0.481 e. The first-order valence-electron chi connectivity index (χ1n) is 6.91. The molecule has 1 N–H and O–H groups in total. The summed E-state index contributed by atoms with van der Waals surface area (Å²) in [5, 5.41) is 8.93. The molecule has 1 saturated heterocycles. The Bertz CT molecular complexity index is 722. The number of hydrogen-bond donors (Lipinski definition) is 1. The van der Waals surface area contributed by atoms with E-state index in [0.717, 1.165) is 10.6 Å². The van der Waals surface area contributed by atoms with E-state index in [0.29, 0.717) is 5.56 Å². The molecule has 1 heterocycles. The van der Waals surface area contributed by atoms with Crippen LogP contribution < -0.4 is 0 Å². The first kappa shape index (κ1) is 17.4. The number of amides is 1. The van der Waals surface area contributed by atoms with Crippen molar-refractivity contribution in [3.05, 3.63) is 35.6 Å². The van der Waals surface area contributed by atoms with Gasteiger partial charge in [0.1, 0.15) is 11.9 Å². The number of rotatable bonds is 5. The Morgan fingerprint density at radius 2 is 2.00 bits per heavy atom. The Hall–Kier alpha value is -2.00. The number of carboxylic acid groups (broad SMARTS) is 1. The number of carbonyl (C=O) groups is 2. The van der Waals surface area contributed by atoms with Gasteiger partial charge in [0.15, 0.2) is 0 Å². The lowest BCUT2D eigenvalue weighted by molar-refractivity contribution is -0.147. The predicted molar refractivity (Wildman–Crippen MR) is 79.4 cm³/mol. The highest BCUT2D eigenvalue weighted by Gasteiger charge is 2.40. The molecule has 1 aromatic carbocycles. The molecule has 0 radical (unpaired) electrons. The van der Waals surface area contributed by atoms with Gasteiger partial charge in [0.05, 0.1) is 12.7 Å². The molecule has 0 spiro atoms. The van der Waals surface area contributed by atoms with Gasteiger partial charge in [-0.15, -0.1) is 0 Å². The number of hydrogen-bond acceptors (Lipinski definition) is 4. The van der Waals surface area contributed by atoms with Crippen LogP contribution in [-0.2, 0) is 26.2 Å². The minimum atomic E-state index is -3.71. The summed E-state index contributed by atoms with van der Waals surface area (Å²) >= 11 is 0. The molecule has 1 fully saturated rings. The molecular formula is C14H17FN2O5S. The minimum absolute atomic E-state index is 0.0169. The van der Waals surface area contributed by atoms with E-state index in [9.17, 15) is 22.4 Å². The van der Waals surface area contributed by atoms with E-state index in [2.05, 4.69) is 0 Å². The molecule has 9 heteroatoms. The lowest BCUT2D eigenvalue weighted by atomic mass is 10.1. The van der Waals surface area contributed by atoms with Crippen LogP contribution in [0.2, 0.25) is 0 Å². The van der Waals surface area contributed by atoms with E-state index in [-0.39, 0.29) is 19.6 Å². The molecule has 1 aromatic rings. The van der Waals surface area contributed by atoms with Crippen molar-refractivity contribution >= 4 is 21.9 Å². The molecule has 1 aliphatic heterocycles. The zero-order chi connectivity index (χ0) is 17.2. The SMILES string of the molecule is CS(=O)(=O)N1CCN(Cc2ccccc2F)C(=O)C1CC(=O)O. The van der Waals surface area contributed by atoms with E-state index in [1.54, 1.807) is 6.07 Å². The third-order valence-corrected chi connectivity index (χ3v) is 4.94. The summed E-state index contributed by atoms with van der Waals surface area (Å²) in [6.07, 6.45) is 0.307. The Kier molecular flexibility index (Phi) is 5.00. The van der Waals surface area contributed by atoms with Crippen molar-refractivity contribution in [1.29, 1.82) is 0 Å². The Balaban J connectivity index is 2.24. The van der Waals surface area contributed by atoms with Gasteiger partial charge in [-0.05, 0) is 6.07 Å². The van der Waals surface area contributed by atoms with Crippen LogP contribution in [0.4, 0.5) is 4.39 Å². The molecular weight excluding hydrogens is 327 g/mol. The Morgan fingerprint density at radius 3 is 2.57 bits per heavy atom. The zero-order valence-corrected chi connectivity index (χ0v) is 13.3. The van der Waals surface area contributed by atoms with E-state index in [1.165, 1.54) is 23.1 Å².